The van der Waals surface area contributed by atoms with E-state index in [-0.39, 0.29) is 10.6 Å². The highest BCUT2D eigenvalue weighted by molar-refractivity contribution is 8.04. The first-order valence-corrected chi connectivity index (χ1v) is 13.3. The Bertz CT molecular complexity index is 935. The first-order chi connectivity index (χ1) is 16.1. The van der Waals surface area contributed by atoms with Crippen LogP contribution in [0.5, 0.6) is 5.75 Å². The summed E-state index contributed by atoms with van der Waals surface area (Å²) in [6.07, 6.45) is 0.803. The van der Waals surface area contributed by atoms with Crippen molar-refractivity contribution in [1.82, 2.24) is 21.3 Å². The molecule has 33 heavy (non-hydrogen) atoms. The van der Waals surface area contributed by atoms with Crippen LogP contribution < -0.4 is 26.0 Å². The molecule has 0 radical (unpaired) electrons. The van der Waals surface area contributed by atoms with Gasteiger partial charge in [-0.2, -0.15) is 0 Å². The Labute approximate surface area is 203 Å². The third-order valence-corrected chi connectivity index (χ3v) is 8.82. The second-order valence-corrected chi connectivity index (χ2v) is 10.4. The number of ether oxygens (including phenoxy) is 1. The lowest BCUT2D eigenvalue weighted by atomic mass is 10.2. The van der Waals surface area contributed by atoms with Crippen LogP contribution >= 0.6 is 23.5 Å². The molecule has 0 aromatic heterocycles. The summed E-state index contributed by atoms with van der Waals surface area (Å²) >= 11 is 3.57. The number of hydrogen-bond acceptors (Lipinski definition) is 9. The summed E-state index contributed by atoms with van der Waals surface area (Å²) in [5.74, 6) is 1.81. The highest BCUT2D eigenvalue weighted by atomic mass is 32.2. The van der Waals surface area contributed by atoms with Gasteiger partial charge in [0.1, 0.15) is 0 Å². The lowest BCUT2D eigenvalue weighted by Gasteiger charge is -2.45. The fourth-order valence-electron chi connectivity index (χ4n) is 4.07. The minimum Gasteiger partial charge on any atom is -0.487 e. The van der Waals surface area contributed by atoms with Gasteiger partial charge in [-0.15, -0.1) is 23.5 Å². The zero-order chi connectivity index (χ0) is 23.2. The van der Waals surface area contributed by atoms with E-state index in [1.807, 2.05) is 30.8 Å². The molecule has 2 aromatic rings. The Morgan fingerprint density at radius 1 is 0.909 bits per heavy atom. The number of nitro groups is 1. The predicted octanol–water partition coefficient (Wildman–Crippen LogP) is 3.24. The molecular weight excluding hydrogens is 458 g/mol. The van der Waals surface area contributed by atoms with E-state index in [9.17, 15) is 10.1 Å². The van der Waals surface area contributed by atoms with E-state index >= 15 is 0 Å². The monoisotopic (exact) mass is 489 g/mol. The molecule has 0 amide bonds. The summed E-state index contributed by atoms with van der Waals surface area (Å²) in [4.78, 5) is 10.4. The van der Waals surface area contributed by atoms with Crippen LogP contribution in [0.1, 0.15) is 24.5 Å². The predicted molar refractivity (Wildman–Crippen MR) is 135 cm³/mol. The average molecular weight is 490 g/mol. The lowest BCUT2D eigenvalue weighted by molar-refractivity contribution is -0.385. The SMILES string of the molecule is CCCOc1ccc(CSC2(C3(SCc4ccccc4)NCCN3)NCCN2)cc1[N+](=O)[O-]. The number of thioether (sulfide) groups is 2. The molecule has 2 aliphatic heterocycles. The lowest BCUT2D eigenvalue weighted by Crippen LogP contribution is -2.71. The van der Waals surface area contributed by atoms with E-state index in [1.54, 1.807) is 23.9 Å². The molecule has 4 rings (SSSR count). The Balaban J connectivity index is 1.52. The maximum absolute atomic E-state index is 11.6. The molecule has 0 atom stereocenters. The number of nitrogens with zero attached hydrogens (tertiary/aromatic N) is 1. The van der Waals surface area contributed by atoms with Gasteiger partial charge in [-0.05, 0) is 23.6 Å². The maximum atomic E-state index is 11.6. The normalized spacial score (nSPS) is 18.9. The molecule has 178 valence electrons. The van der Waals surface area contributed by atoms with Crippen LogP contribution in [0.3, 0.4) is 0 Å². The number of rotatable bonds is 11. The Morgan fingerprint density at radius 2 is 1.48 bits per heavy atom. The topological polar surface area (TPSA) is 100 Å². The second kappa shape index (κ2) is 11.1. The average Bonchev–Trinajstić information content (AvgIpc) is 3.52. The smallest absolute Gasteiger partial charge is 0.311 e. The summed E-state index contributed by atoms with van der Waals surface area (Å²) in [6.45, 7) is 5.91. The molecule has 2 heterocycles. The van der Waals surface area contributed by atoms with Crippen molar-refractivity contribution in [1.29, 1.82) is 0 Å². The van der Waals surface area contributed by atoms with E-state index in [0.717, 1.165) is 43.9 Å². The van der Waals surface area contributed by atoms with Crippen molar-refractivity contribution >= 4 is 29.2 Å². The van der Waals surface area contributed by atoms with E-state index in [0.29, 0.717) is 18.1 Å². The summed E-state index contributed by atoms with van der Waals surface area (Å²) < 4.78 is 5.58. The first kappa shape index (κ1) is 24.3. The summed E-state index contributed by atoms with van der Waals surface area (Å²) in [6, 6.07) is 15.7. The fraction of sp³-hybridized carbons (Fsp3) is 0.478. The number of hydrogen-bond donors (Lipinski definition) is 4. The van der Waals surface area contributed by atoms with Crippen LogP contribution in [0.15, 0.2) is 48.5 Å². The van der Waals surface area contributed by atoms with Gasteiger partial charge in [0.2, 0.25) is 0 Å². The van der Waals surface area contributed by atoms with Crippen molar-refractivity contribution in [2.75, 3.05) is 32.8 Å². The number of nitro benzene ring substituents is 1. The molecule has 2 aliphatic rings. The first-order valence-electron chi connectivity index (χ1n) is 11.3. The standard InChI is InChI=1S/C23H31N5O3S2/c1-2-14-31-21-9-8-19(15-20(21)28(29)30)17-33-23(26-12-13-27-23)22(24-10-11-25-22)32-16-18-6-4-3-5-7-18/h3-9,15,24-27H,2,10-14,16-17H2,1H3. The van der Waals surface area contributed by atoms with Crippen molar-refractivity contribution in [3.05, 3.63) is 69.8 Å². The third kappa shape index (κ3) is 5.47. The summed E-state index contributed by atoms with van der Waals surface area (Å²) in [5.41, 5.74) is 2.19. The van der Waals surface area contributed by atoms with E-state index in [2.05, 4.69) is 45.5 Å². The molecule has 2 aromatic carbocycles. The molecule has 0 spiro atoms. The van der Waals surface area contributed by atoms with Crippen molar-refractivity contribution in [3.8, 4) is 5.75 Å². The van der Waals surface area contributed by atoms with Gasteiger partial charge < -0.3 is 4.74 Å². The molecule has 0 bridgehead atoms. The van der Waals surface area contributed by atoms with Crippen LogP contribution in [0.2, 0.25) is 0 Å². The maximum Gasteiger partial charge on any atom is 0.311 e. The van der Waals surface area contributed by atoms with Gasteiger partial charge in [0.05, 0.1) is 11.5 Å². The number of nitrogens with one attached hydrogen (secondary N) is 4. The van der Waals surface area contributed by atoms with Crippen molar-refractivity contribution in [3.63, 3.8) is 0 Å². The van der Waals surface area contributed by atoms with Crippen molar-refractivity contribution < 1.29 is 9.66 Å². The molecule has 0 saturated carbocycles. The number of benzene rings is 2. The third-order valence-electron chi connectivity index (χ3n) is 5.68. The minimum atomic E-state index is -0.463. The van der Waals surface area contributed by atoms with Crippen LogP contribution in [0.25, 0.3) is 0 Å². The minimum absolute atomic E-state index is 0.0215. The zero-order valence-electron chi connectivity index (χ0n) is 18.8. The van der Waals surface area contributed by atoms with Gasteiger partial charge in [0.25, 0.3) is 0 Å². The zero-order valence-corrected chi connectivity index (χ0v) is 20.4. The van der Waals surface area contributed by atoms with E-state index in [4.69, 9.17) is 4.74 Å². The molecule has 2 fully saturated rings. The fourth-order valence-corrected chi connectivity index (χ4v) is 7.07. The van der Waals surface area contributed by atoms with Gasteiger partial charge in [-0.25, -0.2) is 0 Å². The molecule has 2 saturated heterocycles. The van der Waals surface area contributed by atoms with Crippen molar-refractivity contribution in [2.45, 2.75) is 34.8 Å². The Kier molecular flexibility index (Phi) is 8.15. The van der Waals surface area contributed by atoms with Gasteiger partial charge in [-0.3, -0.25) is 31.4 Å². The van der Waals surface area contributed by atoms with Gasteiger partial charge >= 0.3 is 5.69 Å². The highest BCUT2D eigenvalue weighted by Crippen LogP contribution is 2.43. The summed E-state index contributed by atoms with van der Waals surface area (Å²) in [5, 5.41) is 26.4. The second-order valence-electron chi connectivity index (χ2n) is 8.04. The summed E-state index contributed by atoms with van der Waals surface area (Å²) in [7, 11) is 0. The molecule has 8 nitrogen and oxygen atoms in total. The molecule has 4 N–H and O–H groups in total. The van der Waals surface area contributed by atoms with E-state index in [1.165, 1.54) is 5.56 Å². The van der Waals surface area contributed by atoms with Gasteiger partial charge in [-0.1, -0.05) is 43.3 Å². The van der Waals surface area contributed by atoms with E-state index < -0.39 is 9.99 Å². The van der Waals surface area contributed by atoms with Gasteiger partial charge in [0, 0.05) is 43.8 Å². The highest BCUT2D eigenvalue weighted by Gasteiger charge is 2.55. The van der Waals surface area contributed by atoms with Crippen LogP contribution in [-0.4, -0.2) is 47.7 Å². The quantitative estimate of drug-likeness (QED) is 0.280. The molecule has 0 aliphatic carbocycles. The van der Waals surface area contributed by atoms with Gasteiger partial charge in [0.15, 0.2) is 15.7 Å². The van der Waals surface area contributed by atoms with Crippen LogP contribution in [-0.2, 0) is 11.5 Å². The Morgan fingerprint density at radius 3 is 2.03 bits per heavy atom. The molecular formula is C23H31N5O3S2. The van der Waals surface area contributed by atoms with Crippen molar-refractivity contribution in [2.24, 2.45) is 0 Å². The molecule has 10 heteroatoms. The Hall–Kier alpha value is -1.82. The molecule has 0 unspecified atom stereocenters. The van der Waals surface area contributed by atoms with Crippen LogP contribution in [0.4, 0.5) is 5.69 Å². The van der Waals surface area contributed by atoms with Crippen LogP contribution in [0, 0.1) is 10.1 Å². The largest absolute Gasteiger partial charge is 0.487 e.